The standard InChI is InChI=1S/C76H77N4OS.Pt/c1-47-45-77-68(39-50(47)44-72(2,3)4)80-65-34-33-61-60-25-17-20-30-67(60)82-71(61)69(65)62-32-31-57(43-66(62)80)81-56-24-21-23-55(42-56)78-46-79(64-29-19-18-28-63(64)78)70-58(48-35-51(73(5,6)7)40-52(36-48)74(8,9)10)26-22-27-59(70)49-37-53(75(11,12)13)41-54(38-49)76(14,15)16;/h17-41,45-46H,44H2,1-16H3;/q-3;/i44D2;. The van der Waals surface area contributed by atoms with E-state index < -0.39 is 11.8 Å². The van der Waals surface area contributed by atoms with E-state index in [1.807, 2.05) is 52.0 Å². The predicted octanol–water partition coefficient (Wildman–Crippen LogP) is 21.8. The van der Waals surface area contributed by atoms with Gasteiger partial charge in [-0.25, -0.2) is 4.98 Å². The van der Waals surface area contributed by atoms with Crippen molar-refractivity contribution in [2.75, 3.05) is 9.80 Å². The largest absolute Gasteiger partial charge is 0.509 e. The average molecular weight is 1290 g/mol. The summed E-state index contributed by atoms with van der Waals surface area (Å²) in [5.74, 6) is 1.69. The van der Waals surface area contributed by atoms with Crippen molar-refractivity contribution >= 4 is 76.1 Å². The summed E-state index contributed by atoms with van der Waals surface area (Å²) in [6.07, 6.45) is 0.170. The number of thiophene rings is 1. The molecule has 1 aliphatic heterocycles. The molecule has 1 aliphatic rings. The average Bonchev–Trinajstić information content (AvgIpc) is 1.75. The van der Waals surface area contributed by atoms with Gasteiger partial charge in [-0.3, -0.25) is 0 Å². The number of hydrogen-bond acceptors (Lipinski definition) is 5. The third-order valence-electron chi connectivity index (χ3n) is 16.1. The van der Waals surface area contributed by atoms with E-state index >= 15 is 0 Å². The second-order valence-electron chi connectivity index (χ2n) is 27.7. The van der Waals surface area contributed by atoms with Crippen LogP contribution in [0, 0.1) is 31.1 Å². The molecule has 3 aromatic heterocycles. The molecule has 4 heterocycles. The van der Waals surface area contributed by atoms with Crippen LogP contribution in [0.2, 0.25) is 0 Å². The van der Waals surface area contributed by atoms with Crippen LogP contribution in [0.3, 0.4) is 0 Å². The predicted molar refractivity (Wildman–Crippen MR) is 351 cm³/mol. The molecule has 0 saturated heterocycles. The fraction of sp³-hybridized carbons (Fsp3) is 0.289. The number of ether oxygens (including phenoxy) is 1. The molecular formula is C76H77N4OPtS-3. The summed E-state index contributed by atoms with van der Waals surface area (Å²) in [5.41, 5.74) is 16.1. The van der Waals surface area contributed by atoms with Crippen molar-refractivity contribution in [2.45, 2.75) is 139 Å². The first-order valence-electron chi connectivity index (χ1n) is 29.9. The van der Waals surface area contributed by atoms with Gasteiger partial charge >= 0.3 is 0 Å². The van der Waals surface area contributed by atoms with Crippen molar-refractivity contribution in [3.05, 3.63) is 210 Å². The SMILES string of the molecule is [2H]C([2H])(c1cc(-n2c3[c-]c(Oc4[c-]c(N5[CH-]N(c6c(-c7cc(C(C)(C)C)cc(C(C)(C)C)c7)cccc6-c6cc(C(C)(C)C)cc(C(C)(C)C)c6)c6ccccc65)ccc4)ccc3c3c4sc5ccccc5c4ccc32)ncc1C)C(C)(C)C.[Pt]. The Labute approximate surface area is 514 Å². The van der Waals surface area contributed by atoms with E-state index in [1.165, 1.54) is 53.6 Å². The topological polar surface area (TPSA) is 33.5 Å². The number of fused-ring (bicyclic) bond motifs is 8. The summed E-state index contributed by atoms with van der Waals surface area (Å²) in [6.45, 7) is 37.8. The van der Waals surface area contributed by atoms with E-state index in [0.717, 1.165) is 61.2 Å². The van der Waals surface area contributed by atoms with Gasteiger partial charge in [0.05, 0.1) is 0 Å². The summed E-state index contributed by atoms with van der Waals surface area (Å²) >= 11 is 1.79. The van der Waals surface area contributed by atoms with Crippen LogP contribution in [0.5, 0.6) is 11.5 Å². The molecule has 8 aromatic carbocycles. The Hall–Kier alpha value is -6.98. The minimum atomic E-state index is -1.64. The molecule has 0 atom stereocenters. The van der Waals surface area contributed by atoms with Crippen molar-refractivity contribution in [3.63, 3.8) is 0 Å². The van der Waals surface area contributed by atoms with Gasteiger partial charge in [0.15, 0.2) is 0 Å². The minimum Gasteiger partial charge on any atom is -0.509 e. The quantitative estimate of drug-likeness (QED) is 0.142. The van der Waals surface area contributed by atoms with Gasteiger partial charge in [0.25, 0.3) is 0 Å². The summed E-state index contributed by atoms with van der Waals surface area (Å²) < 4.78 is 30.2. The van der Waals surface area contributed by atoms with Gasteiger partial charge in [-0.05, 0) is 121 Å². The summed E-state index contributed by atoms with van der Waals surface area (Å²) in [7, 11) is 0. The van der Waals surface area contributed by atoms with Crippen molar-refractivity contribution in [1.82, 2.24) is 9.55 Å². The number of aryl methyl sites for hydroxylation is 1. The first-order chi connectivity index (χ1) is 39.5. The number of para-hydroxylation sites is 3. The van der Waals surface area contributed by atoms with Crippen LogP contribution in [-0.2, 0) is 49.1 Å². The maximum atomic E-state index is 9.39. The summed E-state index contributed by atoms with van der Waals surface area (Å²) in [4.78, 5) is 9.67. The van der Waals surface area contributed by atoms with Crippen LogP contribution in [-0.4, -0.2) is 9.55 Å². The fourth-order valence-electron chi connectivity index (χ4n) is 11.5. The van der Waals surface area contributed by atoms with Crippen LogP contribution in [0.4, 0.5) is 22.7 Å². The Morgan fingerprint density at radius 3 is 1.69 bits per heavy atom. The first kappa shape index (κ1) is 55.2. The summed E-state index contributed by atoms with van der Waals surface area (Å²) in [5, 5.41) is 4.54. The van der Waals surface area contributed by atoms with Crippen molar-refractivity contribution < 1.29 is 28.5 Å². The van der Waals surface area contributed by atoms with Crippen molar-refractivity contribution in [2.24, 2.45) is 5.41 Å². The van der Waals surface area contributed by atoms with Crippen LogP contribution in [0.25, 0.3) is 70.0 Å². The fourth-order valence-corrected chi connectivity index (χ4v) is 12.7. The number of aromatic nitrogens is 2. The second-order valence-corrected chi connectivity index (χ2v) is 28.8. The normalized spacial score (nSPS) is 13.9. The molecule has 0 amide bonds. The van der Waals surface area contributed by atoms with Gasteiger partial charge in [0.1, 0.15) is 5.82 Å². The molecule has 426 valence electrons. The molecule has 0 bridgehead atoms. The Morgan fingerprint density at radius 1 is 0.554 bits per heavy atom. The number of nitrogens with zero attached hydrogens (tertiary/aromatic N) is 4. The first-order valence-corrected chi connectivity index (χ1v) is 29.7. The Morgan fingerprint density at radius 2 is 1.10 bits per heavy atom. The molecule has 11 aromatic rings. The molecule has 7 heteroatoms. The maximum Gasteiger partial charge on any atom is 0.135 e. The van der Waals surface area contributed by atoms with Gasteiger partial charge in [-0.1, -0.05) is 200 Å². The number of rotatable bonds is 8. The third-order valence-corrected chi connectivity index (χ3v) is 17.3. The van der Waals surface area contributed by atoms with E-state index in [4.69, 9.17) is 9.72 Å². The van der Waals surface area contributed by atoms with Gasteiger partial charge in [0, 0.05) is 95.4 Å². The number of anilines is 4. The van der Waals surface area contributed by atoms with Crippen LogP contribution in [0.1, 0.15) is 140 Å². The summed E-state index contributed by atoms with van der Waals surface area (Å²) in [6, 6.07) is 62.5. The van der Waals surface area contributed by atoms with E-state index in [-0.39, 0.29) is 42.7 Å². The Bertz CT molecular complexity index is 4260. The minimum absolute atomic E-state index is 0. The molecule has 83 heavy (non-hydrogen) atoms. The van der Waals surface area contributed by atoms with Gasteiger partial charge in [-0.15, -0.1) is 59.4 Å². The third kappa shape index (κ3) is 11.0. The van der Waals surface area contributed by atoms with Crippen molar-refractivity contribution in [1.29, 1.82) is 0 Å². The van der Waals surface area contributed by atoms with Crippen molar-refractivity contribution in [3.8, 4) is 39.6 Å². The number of pyridine rings is 1. The molecule has 0 fully saturated rings. The van der Waals surface area contributed by atoms with E-state index in [9.17, 15) is 2.74 Å². The smallest absolute Gasteiger partial charge is 0.135 e. The monoisotopic (exact) mass is 1290 g/mol. The zero-order valence-electron chi connectivity index (χ0n) is 53.0. The second kappa shape index (κ2) is 21.0. The Kier molecular flexibility index (Phi) is 13.9. The molecule has 0 saturated carbocycles. The van der Waals surface area contributed by atoms with E-state index in [1.54, 1.807) is 17.5 Å². The molecule has 0 aliphatic carbocycles. The zero-order chi connectivity index (χ0) is 59.8. The molecule has 5 nitrogen and oxygen atoms in total. The van der Waals surface area contributed by atoms with Crippen LogP contribution in [0.15, 0.2) is 158 Å². The Balaban J connectivity index is 0.00000752. The molecule has 0 unspecified atom stereocenters. The number of hydrogen-bond donors (Lipinski definition) is 0. The van der Waals surface area contributed by atoms with Gasteiger partial charge in [-0.2, -0.15) is 12.1 Å². The molecule has 0 N–H and O–H groups in total. The molecule has 0 spiro atoms. The number of benzene rings is 8. The maximum absolute atomic E-state index is 9.39. The van der Waals surface area contributed by atoms with E-state index in [2.05, 4.69) is 244 Å². The molecular weight excluding hydrogens is 1210 g/mol. The zero-order valence-corrected chi connectivity index (χ0v) is 54.1. The van der Waals surface area contributed by atoms with E-state index in [0.29, 0.717) is 22.9 Å². The van der Waals surface area contributed by atoms with Gasteiger partial charge in [0.2, 0.25) is 0 Å². The van der Waals surface area contributed by atoms with Crippen LogP contribution >= 0.6 is 11.3 Å². The van der Waals surface area contributed by atoms with Gasteiger partial charge < -0.3 is 19.1 Å². The molecule has 0 radical (unpaired) electrons. The molecule has 12 rings (SSSR count). The van der Waals surface area contributed by atoms with Crippen LogP contribution < -0.4 is 14.5 Å².